The summed E-state index contributed by atoms with van der Waals surface area (Å²) in [5.41, 5.74) is 6.20. The lowest BCUT2D eigenvalue weighted by Gasteiger charge is -2.04. The van der Waals surface area contributed by atoms with Crippen LogP contribution in [-0.4, -0.2) is 29.1 Å². The summed E-state index contributed by atoms with van der Waals surface area (Å²) in [6.45, 7) is 3.82. The number of imidazole rings is 1. The summed E-state index contributed by atoms with van der Waals surface area (Å²) in [4.78, 5) is 25.7. The van der Waals surface area contributed by atoms with E-state index in [9.17, 15) is 4.79 Å². The van der Waals surface area contributed by atoms with Gasteiger partial charge in [0.05, 0.1) is 5.51 Å². The number of aromatic nitrogens is 6. The van der Waals surface area contributed by atoms with E-state index in [0.717, 1.165) is 28.3 Å². The van der Waals surface area contributed by atoms with Gasteiger partial charge in [-0.25, -0.2) is 15.0 Å². The second-order valence-electron chi connectivity index (χ2n) is 5.19. The van der Waals surface area contributed by atoms with Crippen molar-refractivity contribution in [2.45, 2.75) is 20.3 Å². The average molecular weight is 326 g/mol. The Morgan fingerprint density at radius 2 is 2.17 bits per heavy atom. The normalized spacial score (nSPS) is 11.4. The molecule has 7 nitrogen and oxygen atoms in total. The van der Waals surface area contributed by atoms with Crippen molar-refractivity contribution in [1.82, 2.24) is 29.1 Å². The summed E-state index contributed by atoms with van der Waals surface area (Å²) in [5, 5.41) is 4.93. The topological polar surface area (TPSA) is 80.9 Å². The van der Waals surface area contributed by atoms with E-state index in [2.05, 4.69) is 20.1 Å². The van der Waals surface area contributed by atoms with Gasteiger partial charge in [-0.3, -0.25) is 9.89 Å². The summed E-state index contributed by atoms with van der Waals surface area (Å²) in [6.07, 6.45) is 6.00. The monoisotopic (exact) mass is 326 g/mol. The van der Waals surface area contributed by atoms with E-state index in [0.29, 0.717) is 12.1 Å². The first-order valence-electron chi connectivity index (χ1n) is 7.21. The highest BCUT2D eigenvalue weighted by Crippen LogP contribution is 2.20. The minimum absolute atomic E-state index is 0.0545. The zero-order valence-electron chi connectivity index (χ0n) is 12.6. The molecule has 0 aliphatic rings. The van der Waals surface area contributed by atoms with Crippen LogP contribution in [0.25, 0.3) is 22.7 Å². The lowest BCUT2D eigenvalue weighted by atomic mass is 10.2. The molecular formula is C15H14N6OS. The zero-order chi connectivity index (χ0) is 16.0. The van der Waals surface area contributed by atoms with Gasteiger partial charge in [-0.1, -0.05) is 6.92 Å². The lowest BCUT2D eigenvalue weighted by molar-refractivity contribution is 0.853. The van der Waals surface area contributed by atoms with Crippen LogP contribution in [0.4, 0.5) is 0 Å². The molecule has 0 radical (unpaired) electrons. The van der Waals surface area contributed by atoms with Gasteiger partial charge in [0, 0.05) is 29.0 Å². The Bertz CT molecular complexity index is 1040. The van der Waals surface area contributed by atoms with Crippen LogP contribution in [0.15, 0.2) is 34.4 Å². The standard InChI is InChI=1S/C15H14N6OS/c1-3-10-9(2)19-14-13(4-18-21(14)15(10)22)20-5-11(16-7-20)12-6-23-8-17-12/h4-8,18H,3H2,1-2H3. The van der Waals surface area contributed by atoms with Crippen LogP contribution in [0, 0.1) is 6.92 Å². The van der Waals surface area contributed by atoms with E-state index in [4.69, 9.17) is 0 Å². The van der Waals surface area contributed by atoms with Gasteiger partial charge in [0.2, 0.25) is 0 Å². The number of thiazole rings is 1. The van der Waals surface area contributed by atoms with Crippen LogP contribution in [-0.2, 0) is 6.42 Å². The van der Waals surface area contributed by atoms with Crippen molar-refractivity contribution in [1.29, 1.82) is 0 Å². The third kappa shape index (κ3) is 2.10. The number of rotatable bonds is 3. The van der Waals surface area contributed by atoms with Crippen LogP contribution < -0.4 is 5.56 Å². The molecule has 0 fully saturated rings. The molecule has 0 aliphatic heterocycles. The van der Waals surface area contributed by atoms with Gasteiger partial charge in [0.1, 0.15) is 23.4 Å². The van der Waals surface area contributed by atoms with Crippen LogP contribution in [0.1, 0.15) is 18.2 Å². The molecule has 4 rings (SSSR count). The molecule has 0 aromatic carbocycles. The van der Waals surface area contributed by atoms with Crippen LogP contribution in [0.5, 0.6) is 0 Å². The third-order valence-electron chi connectivity index (χ3n) is 3.85. The SMILES string of the molecule is CCc1c(C)nc2c(-n3cnc(-c4cscn4)c3)c[nH]n2c1=O. The molecule has 116 valence electrons. The Kier molecular flexibility index (Phi) is 3.12. The molecule has 23 heavy (non-hydrogen) atoms. The highest BCUT2D eigenvalue weighted by molar-refractivity contribution is 7.07. The number of aromatic amines is 1. The van der Waals surface area contributed by atoms with E-state index >= 15 is 0 Å². The molecule has 4 heterocycles. The van der Waals surface area contributed by atoms with Gasteiger partial charge in [-0.15, -0.1) is 11.3 Å². The van der Waals surface area contributed by atoms with E-state index < -0.39 is 0 Å². The maximum atomic E-state index is 12.5. The summed E-state index contributed by atoms with van der Waals surface area (Å²) < 4.78 is 3.32. The Balaban J connectivity index is 1.89. The molecule has 1 N–H and O–H groups in total. The Hall–Kier alpha value is -2.74. The first-order valence-corrected chi connectivity index (χ1v) is 8.16. The summed E-state index contributed by atoms with van der Waals surface area (Å²) in [5.74, 6) is 0. The van der Waals surface area contributed by atoms with Gasteiger partial charge in [0.15, 0.2) is 5.65 Å². The Morgan fingerprint density at radius 1 is 1.30 bits per heavy atom. The molecule has 0 spiro atoms. The van der Waals surface area contributed by atoms with Crippen molar-refractivity contribution < 1.29 is 0 Å². The van der Waals surface area contributed by atoms with E-state index in [-0.39, 0.29) is 5.56 Å². The maximum Gasteiger partial charge on any atom is 0.276 e. The van der Waals surface area contributed by atoms with E-state index in [1.54, 1.807) is 18.0 Å². The molecule has 8 heteroatoms. The third-order valence-corrected chi connectivity index (χ3v) is 4.44. The zero-order valence-corrected chi connectivity index (χ0v) is 13.5. The van der Waals surface area contributed by atoms with Crippen LogP contribution in [0.3, 0.4) is 0 Å². The number of fused-ring (bicyclic) bond motifs is 1. The molecular weight excluding hydrogens is 312 g/mol. The number of nitrogens with zero attached hydrogens (tertiary/aromatic N) is 5. The number of nitrogens with one attached hydrogen (secondary N) is 1. The molecule has 0 aliphatic carbocycles. The average Bonchev–Trinajstić information content (AvgIpc) is 3.27. The van der Waals surface area contributed by atoms with Crippen molar-refractivity contribution in [3.8, 4) is 17.1 Å². The molecule has 0 saturated carbocycles. The summed E-state index contributed by atoms with van der Waals surface area (Å²) in [6, 6.07) is 0. The minimum atomic E-state index is -0.0545. The molecule has 0 bridgehead atoms. The molecule has 0 amide bonds. The van der Waals surface area contributed by atoms with Crippen LogP contribution in [0.2, 0.25) is 0 Å². The van der Waals surface area contributed by atoms with Crippen molar-refractivity contribution in [3.05, 3.63) is 51.2 Å². The molecule has 0 unspecified atom stereocenters. The summed E-state index contributed by atoms with van der Waals surface area (Å²) in [7, 11) is 0. The maximum absolute atomic E-state index is 12.5. The molecule has 4 aromatic rings. The van der Waals surface area contributed by atoms with Crippen LogP contribution >= 0.6 is 11.3 Å². The first-order chi connectivity index (χ1) is 11.2. The Labute approximate surface area is 135 Å². The fourth-order valence-electron chi connectivity index (χ4n) is 2.67. The molecule has 0 saturated heterocycles. The second kappa shape index (κ2) is 5.17. The van der Waals surface area contributed by atoms with E-state index in [1.807, 2.05) is 30.0 Å². The minimum Gasteiger partial charge on any atom is -0.301 e. The number of hydrogen-bond donors (Lipinski definition) is 1. The largest absolute Gasteiger partial charge is 0.301 e. The fourth-order valence-corrected chi connectivity index (χ4v) is 3.21. The first kappa shape index (κ1) is 13.9. The van der Waals surface area contributed by atoms with Crippen molar-refractivity contribution in [2.75, 3.05) is 0 Å². The van der Waals surface area contributed by atoms with Crippen molar-refractivity contribution >= 4 is 17.0 Å². The van der Waals surface area contributed by atoms with Crippen molar-refractivity contribution in [3.63, 3.8) is 0 Å². The van der Waals surface area contributed by atoms with Gasteiger partial charge in [0.25, 0.3) is 5.56 Å². The highest BCUT2D eigenvalue weighted by Gasteiger charge is 2.14. The quantitative estimate of drug-likeness (QED) is 0.626. The van der Waals surface area contributed by atoms with Gasteiger partial charge in [-0.2, -0.15) is 4.52 Å². The van der Waals surface area contributed by atoms with Crippen molar-refractivity contribution in [2.24, 2.45) is 0 Å². The fraction of sp³-hybridized carbons (Fsp3) is 0.200. The Morgan fingerprint density at radius 3 is 2.91 bits per heavy atom. The van der Waals surface area contributed by atoms with Gasteiger partial charge >= 0.3 is 0 Å². The number of H-pyrrole nitrogens is 1. The van der Waals surface area contributed by atoms with Gasteiger partial charge < -0.3 is 4.57 Å². The van der Waals surface area contributed by atoms with Gasteiger partial charge in [-0.05, 0) is 13.3 Å². The molecule has 4 aromatic heterocycles. The molecule has 0 atom stereocenters. The number of hydrogen-bond acceptors (Lipinski definition) is 5. The lowest BCUT2D eigenvalue weighted by Crippen LogP contribution is -2.21. The highest BCUT2D eigenvalue weighted by atomic mass is 32.1. The predicted octanol–water partition coefficient (Wildman–Crippen LogP) is 2.20. The smallest absolute Gasteiger partial charge is 0.276 e. The summed E-state index contributed by atoms with van der Waals surface area (Å²) >= 11 is 1.53. The number of aryl methyl sites for hydroxylation is 1. The second-order valence-corrected chi connectivity index (χ2v) is 5.91. The van der Waals surface area contributed by atoms with E-state index in [1.165, 1.54) is 15.9 Å². The predicted molar refractivity (Wildman–Crippen MR) is 88.2 cm³/mol.